The summed E-state index contributed by atoms with van der Waals surface area (Å²) in [6.07, 6.45) is 0. The van der Waals surface area contributed by atoms with E-state index in [1.165, 1.54) is 18.2 Å². The van der Waals surface area contributed by atoms with Crippen LogP contribution in [0.5, 0.6) is 0 Å². The third-order valence-corrected chi connectivity index (χ3v) is 6.19. The van der Waals surface area contributed by atoms with Crippen LogP contribution in [-0.2, 0) is 21.4 Å². The number of thiophene rings is 1. The van der Waals surface area contributed by atoms with E-state index in [9.17, 15) is 17.6 Å². The molecule has 0 aliphatic heterocycles. The van der Waals surface area contributed by atoms with Gasteiger partial charge >= 0.3 is 0 Å². The van der Waals surface area contributed by atoms with Crippen molar-refractivity contribution in [3.8, 4) is 0 Å². The monoisotopic (exact) mass is 370 g/mol. The minimum absolute atomic E-state index is 0.126. The van der Waals surface area contributed by atoms with E-state index in [-0.39, 0.29) is 22.5 Å². The van der Waals surface area contributed by atoms with Gasteiger partial charge in [-0.05, 0) is 35.1 Å². The largest absolute Gasteiger partial charge is 0.351 e. The quantitative estimate of drug-likeness (QED) is 0.786. The second kappa shape index (κ2) is 7.87. The zero-order chi connectivity index (χ0) is 17.7. The van der Waals surface area contributed by atoms with E-state index in [2.05, 4.69) is 10.0 Å². The van der Waals surface area contributed by atoms with Gasteiger partial charge in [0.2, 0.25) is 5.91 Å². The van der Waals surface area contributed by atoms with Crippen molar-refractivity contribution in [3.05, 3.63) is 53.2 Å². The molecular formula is C16H19FN2O3S2. The van der Waals surface area contributed by atoms with Crippen molar-refractivity contribution in [3.63, 3.8) is 0 Å². The minimum Gasteiger partial charge on any atom is -0.351 e. The Balaban J connectivity index is 2.06. The molecule has 8 heteroatoms. The molecule has 2 aromatic rings. The summed E-state index contributed by atoms with van der Waals surface area (Å²) < 4.78 is 40.4. The molecule has 0 bridgehead atoms. The average Bonchev–Trinajstić information content (AvgIpc) is 3.05. The molecule has 0 radical (unpaired) electrons. The molecule has 0 saturated heterocycles. The summed E-state index contributed by atoms with van der Waals surface area (Å²) in [6.45, 7) is 3.63. The highest BCUT2D eigenvalue weighted by atomic mass is 32.2. The predicted molar refractivity (Wildman–Crippen MR) is 91.5 cm³/mol. The van der Waals surface area contributed by atoms with E-state index in [1.807, 2.05) is 0 Å². The fraction of sp³-hybridized carbons (Fsp3) is 0.312. The van der Waals surface area contributed by atoms with Crippen molar-refractivity contribution in [1.82, 2.24) is 10.0 Å². The van der Waals surface area contributed by atoms with E-state index >= 15 is 0 Å². The maximum absolute atomic E-state index is 13.2. The van der Waals surface area contributed by atoms with Crippen LogP contribution in [0.15, 0.2) is 46.0 Å². The van der Waals surface area contributed by atoms with Gasteiger partial charge < -0.3 is 5.32 Å². The molecule has 0 fully saturated rings. The molecule has 130 valence electrons. The summed E-state index contributed by atoms with van der Waals surface area (Å²) >= 11 is 1.08. The van der Waals surface area contributed by atoms with Crippen molar-refractivity contribution >= 4 is 27.3 Å². The van der Waals surface area contributed by atoms with Crippen molar-refractivity contribution in [2.75, 3.05) is 0 Å². The number of hydrogen-bond donors (Lipinski definition) is 2. The summed E-state index contributed by atoms with van der Waals surface area (Å²) in [5, 5.41) is 4.30. The SMILES string of the molecule is CC(C)C(NS(=O)(=O)c1cccs1)C(=O)NCc1cccc(F)c1. The van der Waals surface area contributed by atoms with Gasteiger partial charge in [0.15, 0.2) is 0 Å². The molecule has 24 heavy (non-hydrogen) atoms. The number of halogens is 1. The van der Waals surface area contributed by atoms with Gasteiger partial charge in [-0.15, -0.1) is 11.3 Å². The van der Waals surface area contributed by atoms with Crippen LogP contribution in [0.1, 0.15) is 19.4 Å². The second-order valence-corrected chi connectivity index (χ2v) is 8.51. The summed E-state index contributed by atoms with van der Waals surface area (Å²) in [5.74, 6) is -1.08. The third kappa shape index (κ3) is 4.86. The Labute approximate surface area is 145 Å². The molecule has 1 unspecified atom stereocenters. The van der Waals surface area contributed by atoms with Gasteiger partial charge in [0, 0.05) is 6.54 Å². The zero-order valence-electron chi connectivity index (χ0n) is 13.3. The van der Waals surface area contributed by atoms with Gasteiger partial charge in [0.25, 0.3) is 10.0 Å². The summed E-state index contributed by atoms with van der Waals surface area (Å²) in [6, 6.07) is 8.08. The Bertz CT molecular complexity index is 789. The van der Waals surface area contributed by atoms with E-state index in [1.54, 1.807) is 37.4 Å². The maximum atomic E-state index is 13.2. The highest BCUT2D eigenvalue weighted by Gasteiger charge is 2.28. The van der Waals surface area contributed by atoms with E-state index < -0.39 is 22.0 Å². The van der Waals surface area contributed by atoms with Crippen LogP contribution in [0.2, 0.25) is 0 Å². The predicted octanol–water partition coefficient (Wildman–Crippen LogP) is 2.51. The van der Waals surface area contributed by atoms with Gasteiger partial charge in [-0.1, -0.05) is 32.0 Å². The number of hydrogen-bond acceptors (Lipinski definition) is 4. The lowest BCUT2D eigenvalue weighted by molar-refractivity contribution is -0.123. The maximum Gasteiger partial charge on any atom is 0.250 e. The van der Waals surface area contributed by atoms with Crippen molar-refractivity contribution in [2.24, 2.45) is 5.92 Å². The number of sulfonamides is 1. The van der Waals surface area contributed by atoms with Crippen LogP contribution in [-0.4, -0.2) is 20.4 Å². The summed E-state index contributed by atoms with van der Waals surface area (Å²) in [4.78, 5) is 12.4. The van der Waals surface area contributed by atoms with Crippen LogP contribution >= 0.6 is 11.3 Å². The first kappa shape index (κ1) is 18.6. The second-order valence-electron chi connectivity index (χ2n) is 5.62. The first-order valence-corrected chi connectivity index (χ1v) is 9.74. The molecule has 2 rings (SSSR count). The van der Waals surface area contributed by atoms with E-state index in [4.69, 9.17) is 0 Å². The number of carbonyl (C=O) groups excluding carboxylic acids is 1. The lowest BCUT2D eigenvalue weighted by atomic mass is 10.0. The molecule has 1 heterocycles. The minimum atomic E-state index is -3.75. The van der Waals surface area contributed by atoms with Gasteiger partial charge in [-0.25, -0.2) is 12.8 Å². The van der Waals surface area contributed by atoms with E-state index in [0.717, 1.165) is 11.3 Å². The van der Waals surface area contributed by atoms with Crippen LogP contribution in [0, 0.1) is 11.7 Å². The fourth-order valence-electron chi connectivity index (χ4n) is 2.08. The number of benzene rings is 1. The van der Waals surface area contributed by atoms with Gasteiger partial charge in [0.1, 0.15) is 16.1 Å². The molecule has 1 aromatic carbocycles. The normalized spacial score (nSPS) is 13.0. The topological polar surface area (TPSA) is 75.3 Å². The smallest absolute Gasteiger partial charge is 0.250 e. The Hall–Kier alpha value is -1.77. The molecule has 1 amide bonds. The highest BCUT2D eigenvalue weighted by molar-refractivity contribution is 7.91. The Morgan fingerprint density at radius 1 is 1.25 bits per heavy atom. The zero-order valence-corrected chi connectivity index (χ0v) is 15.0. The molecule has 1 atom stereocenters. The molecule has 0 aliphatic rings. The van der Waals surface area contributed by atoms with Crippen LogP contribution in [0.25, 0.3) is 0 Å². The van der Waals surface area contributed by atoms with Crippen LogP contribution < -0.4 is 10.0 Å². The fourth-order valence-corrected chi connectivity index (χ4v) is 4.43. The van der Waals surface area contributed by atoms with Gasteiger partial charge in [0.05, 0.1) is 0 Å². The van der Waals surface area contributed by atoms with Crippen LogP contribution in [0.3, 0.4) is 0 Å². The third-order valence-electron chi connectivity index (χ3n) is 3.35. The Morgan fingerprint density at radius 3 is 2.58 bits per heavy atom. The summed E-state index contributed by atoms with van der Waals surface area (Å²) in [7, 11) is -3.75. The standard InChI is InChI=1S/C16H19FN2O3S2/c1-11(2)15(19-24(21,22)14-7-4-8-23-14)16(20)18-10-12-5-3-6-13(17)9-12/h3-9,11,15,19H,10H2,1-2H3,(H,18,20). The highest BCUT2D eigenvalue weighted by Crippen LogP contribution is 2.17. The molecule has 0 spiro atoms. The van der Waals surface area contributed by atoms with Crippen molar-refractivity contribution < 1.29 is 17.6 Å². The molecular weight excluding hydrogens is 351 g/mol. The van der Waals surface area contributed by atoms with Gasteiger partial charge in [-0.3, -0.25) is 4.79 Å². The Morgan fingerprint density at radius 2 is 2.00 bits per heavy atom. The molecule has 1 aromatic heterocycles. The van der Waals surface area contributed by atoms with Crippen LogP contribution in [0.4, 0.5) is 4.39 Å². The molecule has 2 N–H and O–H groups in total. The van der Waals surface area contributed by atoms with Crippen molar-refractivity contribution in [1.29, 1.82) is 0 Å². The molecule has 0 aliphatic carbocycles. The average molecular weight is 370 g/mol. The van der Waals surface area contributed by atoms with Crippen molar-refractivity contribution in [2.45, 2.75) is 30.6 Å². The first-order chi connectivity index (χ1) is 11.3. The number of carbonyl (C=O) groups is 1. The lowest BCUT2D eigenvalue weighted by Gasteiger charge is -2.21. The van der Waals surface area contributed by atoms with E-state index in [0.29, 0.717) is 5.56 Å². The van der Waals surface area contributed by atoms with Gasteiger partial charge in [-0.2, -0.15) is 4.72 Å². The first-order valence-electron chi connectivity index (χ1n) is 7.37. The molecule has 0 saturated carbocycles. The number of rotatable bonds is 7. The summed E-state index contributed by atoms with van der Waals surface area (Å²) in [5.41, 5.74) is 0.604. The lowest BCUT2D eigenvalue weighted by Crippen LogP contribution is -2.49. The Kier molecular flexibility index (Phi) is 6.09. The number of nitrogens with one attached hydrogen (secondary N) is 2. The number of amides is 1. The molecule has 5 nitrogen and oxygen atoms in total.